The van der Waals surface area contributed by atoms with Gasteiger partial charge in [-0.25, -0.2) is 9.18 Å². The van der Waals surface area contributed by atoms with Gasteiger partial charge in [-0.2, -0.15) is 0 Å². The number of ether oxygens (including phenoxy) is 1. The number of halogens is 2. The molecule has 1 aromatic carbocycles. The summed E-state index contributed by atoms with van der Waals surface area (Å²) in [6, 6.07) is 2.70. The van der Waals surface area contributed by atoms with Crippen LogP contribution in [0.4, 0.5) is 4.39 Å². The van der Waals surface area contributed by atoms with Crippen LogP contribution in [0.1, 0.15) is 21.5 Å². The molecule has 0 bridgehead atoms. The summed E-state index contributed by atoms with van der Waals surface area (Å²) in [5, 5.41) is 0. The predicted molar refractivity (Wildman–Crippen MR) is 52.0 cm³/mol. The fourth-order valence-electron chi connectivity index (χ4n) is 1.13. The first kappa shape index (κ1) is 11.0. The molecule has 0 radical (unpaired) electrons. The molecule has 1 rings (SSSR count). The number of benzene rings is 1. The Morgan fingerprint density at radius 1 is 1.57 bits per heavy atom. The van der Waals surface area contributed by atoms with Crippen molar-refractivity contribution in [1.82, 2.24) is 0 Å². The molecule has 14 heavy (non-hydrogen) atoms. The van der Waals surface area contributed by atoms with Gasteiger partial charge in [0.1, 0.15) is 5.82 Å². The van der Waals surface area contributed by atoms with Crippen molar-refractivity contribution in [1.29, 1.82) is 0 Å². The van der Waals surface area contributed by atoms with Crippen molar-refractivity contribution < 1.29 is 13.9 Å². The third-order valence-corrected chi connectivity index (χ3v) is 2.26. The second-order valence-electron chi connectivity index (χ2n) is 2.88. The summed E-state index contributed by atoms with van der Waals surface area (Å²) in [5.41, 5.74) is 1.38. The molecule has 1 aromatic rings. The molecule has 2 nitrogen and oxygen atoms in total. The van der Waals surface area contributed by atoms with Gasteiger partial charge >= 0.3 is 5.97 Å². The van der Waals surface area contributed by atoms with Crippen molar-refractivity contribution in [2.24, 2.45) is 0 Å². The molecule has 0 fully saturated rings. The van der Waals surface area contributed by atoms with E-state index in [0.717, 1.165) is 11.1 Å². The maximum Gasteiger partial charge on any atom is 0.340 e. The monoisotopic (exact) mass is 216 g/mol. The van der Waals surface area contributed by atoms with Gasteiger partial charge in [-0.3, -0.25) is 0 Å². The van der Waals surface area contributed by atoms with Gasteiger partial charge in [-0.15, -0.1) is 11.6 Å². The molecule has 0 saturated carbocycles. The number of carbonyl (C=O) groups excluding carboxylic acids is 1. The number of methoxy groups -OCH3 is 1. The molecule has 0 atom stereocenters. The summed E-state index contributed by atoms with van der Waals surface area (Å²) in [4.78, 5) is 11.1. The first-order valence-corrected chi connectivity index (χ1v) is 4.57. The van der Waals surface area contributed by atoms with Crippen molar-refractivity contribution >= 4 is 17.6 Å². The molecule has 0 aromatic heterocycles. The summed E-state index contributed by atoms with van der Waals surface area (Å²) in [7, 11) is 1.21. The maximum atomic E-state index is 13.3. The molecule has 0 aliphatic heterocycles. The van der Waals surface area contributed by atoms with Crippen LogP contribution in [0.5, 0.6) is 0 Å². The predicted octanol–water partition coefficient (Wildman–Crippen LogP) is 2.66. The third-order valence-electron chi connectivity index (χ3n) is 1.97. The van der Waals surface area contributed by atoms with Crippen LogP contribution in [0.2, 0.25) is 0 Å². The minimum Gasteiger partial charge on any atom is -0.465 e. The van der Waals surface area contributed by atoms with Crippen molar-refractivity contribution in [2.45, 2.75) is 12.8 Å². The zero-order valence-corrected chi connectivity index (χ0v) is 8.69. The van der Waals surface area contributed by atoms with Gasteiger partial charge in [0.2, 0.25) is 0 Å². The van der Waals surface area contributed by atoms with E-state index in [-0.39, 0.29) is 11.4 Å². The lowest BCUT2D eigenvalue weighted by Crippen LogP contribution is -2.06. The van der Waals surface area contributed by atoms with E-state index in [9.17, 15) is 9.18 Å². The van der Waals surface area contributed by atoms with Crippen molar-refractivity contribution in [2.75, 3.05) is 7.11 Å². The highest BCUT2D eigenvalue weighted by molar-refractivity contribution is 6.17. The summed E-state index contributed by atoms with van der Waals surface area (Å²) in [5.74, 6) is -1.02. The van der Waals surface area contributed by atoms with Crippen LogP contribution in [0, 0.1) is 12.7 Å². The Labute approximate surface area is 86.6 Å². The Hall–Kier alpha value is -1.09. The molecule has 0 amide bonds. The number of aryl methyl sites for hydroxylation is 1. The number of hydrogen-bond donors (Lipinski definition) is 0. The quantitative estimate of drug-likeness (QED) is 0.561. The number of rotatable bonds is 2. The maximum absolute atomic E-state index is 13.3. The first-order valence-electron chi connectivity index (χ1n) is 4.03. The fourth-order valence-corrected chi connectivity index (χ4v) is 1.42. The summed E-state index contributed by atoms with van der Waals surface area (Å²) in [6.45, 7) is 1.74. The van der Waals surface area contributed by atoms with Crippen molar-refractivity contribution in [3.8, 4) is 0 Å². The van der Waals surface area contributed by atoms with Crippen LogP contribution in [0.15, 0.2) is 12.1 Å². The second kappa shape index (κ2) is 4.42. The van der Waals surface area contributed by atoms with Gasteiger partial charge in [0.15, 0.2) is 0 Å². The topological polar surface area (TPSA) is 26.3 Å². The minimum atomic E-state index is -0.686. The number of hydrogen-bond acceptors (Lipinski definition) is 2. The van der Waals surface area contributed by atoms with E-state index in [2.05, 4.69) is 4.74 Å². The molecule has 0 unspecified atom stereocenters. The van der Waals surface area contributed by atoms with Gasteiger partial charge in [-0.1, -0.05) is 0 Å². The Balaban J connectivity index is 3.24. The van der Waals surface area contributed by atoms with E-state index >= 15 is 0 Å². The molecule has 0 aliphatic rings. The Morgan fingerprint density at radius 2 is 2.21 bits per heavy atom. The Bertz CT molecular complexity index is 363. The minimum absolute atomic E-state index is 0.0752. The van der Waals surface area contributed by atoms with Gasteiger partial charge in [-0.05, 0) is 30.2 Å². The highest BCUT2D eigenvalue weighted by Gasteiger charge is 2.14. The second-order valence-corrected chi connectivity index (χ2v) is 3.15. The normalized spacial score (nSPS) is 10.0. The summed E-state index contributed by atoms with van der Waals surface area (Å²) < 4.78 is 17.7. The highest BCUT2D eigenvalue weighted by atomic mass is 35.5. The average Bonchev–Trinajstić information content (AvgIpc) is 2.17. The lowest BCUT2D eigenvalue weighted by molar-refractivity contribution is 0.0595. The van der Waals surface area contributed by atoms with Crippen LogP contribution < -0.4 is 0 Å². The van der Waals surface area contributed by atoms with E-state index in [1.54, 1.807) is 6.92 Å². The summed E-state index contributed by atoms with van der Waals surface area (Å²) >= 11 is 5.63. The van der Waals surface area contributed by atoms with Crippen molar-refractivity contribution in [3.63, 3.8) is 0 Å². The number of esters is 1. The van der Waals surface area contributed by atoms with Gasteiger partial charge < -0.3 is 4.74 Å². The molecule has 0 N–H and O–H groups in total. The molecule has 0 saturated heterocycles. The zero-order chi connectivity index (χ0) is 10.7. The molecular formula is C10H10ClFO2. The first-order chi connectivity index (χ1) is 6.60. The Morgan fingerprint density at radius 3 is 2.71 bits per heavy atom. The lowest BCUT2D eigenvalue weighted by Gasteiger charge is -2.06. The fraction of sp³-hybridized carbons (Fsp3) is 0.300. The molecule has 4 heteroatoms. The van der Waals surface area contributed by atoms with E-state index in [1.807, 2.05) is 0 Å². The summed E-state index contributed by atoms with van der Waals surface area (Å²) in [6.07, 6.45) is 0. The van der Waals surface area contributed by atoms with Gasteiger partial charge in [0.05, 0.1) is 12.7 Å². The standard InChI is InChI=1S/C10H10ClFO2/c1-6-3-9(12)8(10(13)14-2)4-7(6)5-11/h3-4H,5H2,1-2H3. The van der Waals surface area contributed by atoms with Crippen LogP contribution in [-0.4, -0.2) is 13.1 Å². The van der Waals surface area contributed by atoms with Gasteiger partial charge in [0, 0.05) is 5.88 Å². The average molecular weight is 217 g/mol. The third kappa shape index (κ3) is 2.04. The SMILES string of the molecule is COC(=O)c1cc(CCl)c(C)cc1F. The van der Waals surface area contributed by atoms with E-state index in [4.69, 9.17) is 11.6 Å². The number of alkyl halides is 1. The smallest absolute Gasteiger partial charge is 0.340 e. The van der Waals surface area contributed by atoms with Crippen LogP contribution in [0.25, 0.3) is 0 Å². The van der Waals surface area contributed by atoms with E-state index in [1.165, 1.54) is 19.2 Å². The van der Waals surface area contributed by atoms with E-state index < -0.39 is 11.8 Å². The Kier molecular flexibility index (Phi) is 3.47. The molecule has 76 valence electrons. The largest absolute Gasteiger partial charge is 0.465 e. The molecule has 0 spiro atoms. The highest BCUT2D eigenvalue weighted by Crippen LogP contribution is 2.17. The zero-order valence-electron chi connectivity index (χ0n) is 7.93. The van der Waals surface area contributed by atoms with Gasteiger partial charge in [0.25, 0.3) is 0 Å². The van der Waals surface area contributed by atoms with Crippen molar-refractivity contribution in [3.05, 3.63) is 34.6 Å². The number of carbonyl (C=O) groups is 1. The lowest BCUT2D eigenvalue weighted by atomic mass is 10.1. The molecular weight excluding hydrogens is 207 g/mol. The van der Waals surface area contributed by atoms with Crippen LogP contribution >= 0.6 is 11.6 Å². The molecule has 0 heterocycles. The van der Waals surface area contributed by atoms with Crippen LogP contribution in [0.3, 0.4) is 0 Å². The molecule has 0 aliphatic carbocycles. The van der Waals surface area contributed by atoms with E-state index in [0.29, 0.717) is 0 Å². The van der Waals surface area contributed by atoms with Crippen LogP contribution in [-0.2, 0) is 10.6 Å².